The Morgan fingerprint density at radius 3 is 1.82 bits per heavy atom. The zero-order valence-corrected chi connectivity index (χ0v) is 8.44. The van der Waals surface area contributed by atoms with Crippen molar-refractivity contribution in [1.29, 1.82) is 0 Å². The standard InChI is InChI=1S/C10H21N/c1-6-7(2)8-9(3,4)10(8,5)11/h7-8H,6,11H2,1-5H3/t7?,8?,10-/m1/s1. The third kappa shape index (κ3) is 1.01. The van der Waals surface area contributed by atoms with Crippen molar-refractivity contribution >= 4 is 0 Å². The predicted molar refractivity (Wildman–Crippen MR) is 49.3 cm³/mol. The molecule has 0 aromatic carbocycles. The van der Waals surface area contributed by atoms with Crippen LogP contribution in [0.1, 0.15) is 41.0 Å². The fraction of sp³-hybridized carbons (Fsp3) is 1.00. The van der Waals surface area contributed by atoms with Crippen LogP contribution in [-0.2, 0) is 0 Å². The first-order valence-corrected chi connectivity index (χ1v) is 4.64. The SMILES string of the molecule is CCC(C)C1C(C)(C)[C@]1(C)N. The molecule has 0 saturated heterocycles. The quantitative estimate of drug-likeness (QED) is 0.651. The van der Waals surface area contributed by atoms with Gasteiger partial charge < -0.3 is 5.73 Å². The molecule has 1 nitrogen and oxygen atoms in total. The summed E-state index contributed by atoms with van der Waals surface area (Å²) in [5.74, 6) is 1.50. The largest absolute Gasteiger partial charge is 0.325 e. The Bertz CT molecular complexity index is 144. The predicted octanol–water partition coefficient (Wildman–Crippen LogP) is 2.41. The maximum absolute atomic E-state index is 6.16. The van der Waals surface area contributed by atoms with Gasteiger partial charge in [-0.3, -0.25) is 0 Å². The Kier molecular flexibility index (Phi) is 1.83. The van der Waals surface area contributed by atoms with Gasteiger partial charge in [0.2, 0.25) is 0 Å². The average Bonchev–Trinajstić information content (AvgIpc) is 2.24. The zero-order chi connectivity index (χ0) is 8.86. The van der Waals surface area contributed by atoms with Crippen LogP contribution >= 0.6 is 0 Å². The highest BCUT2D eigenvalue weighted by molar-refractivity contribution is 5.20. The van der Waals surface area contributed by atoms with Crippen LogP contribution in [0.5, 0.6) is 0 Å². The summed E-state index contributed by atoms with van der Waals surface area (Å²) >= 11 is 0. The van der Waals surface area contributed by atoms with Gasteiger partial charge in [-0.15, -0.1) is 0 Å². The molecular formula is C10H21N. The molecule has 1 aliphatic rings. The van der Waals surface area contributed by atoms with E-state index >= 15 is 0 Å². The minimum Gasteiger partial charge on any atom is -0.325 e. The van der Waals surface area contributed by atoms with Crippen molar-refractivity contribution in [1.82, 2.24) is 0 Å². The monoisotopic (exact) mass is 155 g/mol. The summed E-state index contributed by atoms with van der Waals surface area (Å²) in [6, 6.07) is 0. The molecule has 1 rings (SSSR count). The van der Waals surface area contributed by atoms with Gasteiger partial charge in [0, 0.05) is 5.54 Å². The van der Waals surface area contributed by atoms with E-state index in [4.69, 9.17) is 5.73 Å². The van der Waals surface area contributed by atoms with Crippen molar-refractivity contribution in [3.8, 4) is 0 Å². The highest BCUT2D eigenvalue weighted by Gasteiger charge is 2.66. The van der Waals surface area contributed by atoms with Crippen molar-refractivity contribution in [3.05, 3.63) is 0 Å². The Labute approximate surface area is 70.4 Å². The fourth-order valence-corrected chi connectivity index (χ4v) is 2.60. The van der Waals surface area contributed by atoms with Gasteiger partial charge in [-0.2, -0.15) is 0 Å². The summed E-state index contributed by atoms with van der Waals surface area (Å²) in [4.78, 5) is 0. The van der Waals surface area contributed by atoms with Crippen LogP contribution in [0.4, 0.5) is 0 Å². The van der Waals surface area contributed by atoms with Crippen molar-refractivity contribution in [2.75, 3.05) is 0 Å². The van der Waals surface area contributed by atoms with E-state index in [1.807, 2.05) is 0 Å². The van der Waals surface area contributed by atoms with E-state index in [9.17, 15) is 0 Å². The van der Waals surface area contributed by atoms with E-state index in [-0.39, 0.29) is 5.54 Å². The lowest BCUT2D eigenvalue weighted by molar-refractivity contribution is 0.410. The number of rotatable bonds is 2. The van der Waals surface area contributed by atoms with Crippen molar-refractivity contribution in [3.63, 3.8) is 0 Å². The molecule has 11 heavy (non-hydrogen) atoms. The van der Waals surface area contributed by atoms with Crippen molar-refractivity contribution in [2.45, 2.75) is 46.6 Å². The number of hydrogen-bond donors (Lipinski definition) is 1. The maximum atomic E-state index is 6.16. The van der Waals surface area contributed by atoms with E-state index in [1.54, 1.807) is 0 Å². The van der Waals surface area contributed by atoms with E-state index < -0.39 is 0 Å². The lowest BCUT2D eigenvalue weighted by Gasteiger charge is -2.09. The molecule has 0 aromatic rings. The van der Waals surface area contributed by atoms with E-state index in [0.717, 1.165) is 11.8 Å². The first-order chi connectivity index (χ1) is 4.85. The van der Waals surface area contributed by atoms with E-state index in [0.29, 0.717) is 5.41 Å². The summed E-state index contributed by atoms with van der Waals surface area (Å²) in [6.45, 7) is 11.3. The van der Waals surface area contributed by atoms with Gasteiger partial charge in [-0.1, -0.05) is 34.1 Å². The Morgan fingerprint density at radius 2 is 1.73 bits per heavy atom. The van der Waals surface area contributed by atoms with Gasteiger partial charge in [-0.25, -0.2) is 0 Å². The third-order valence-corrected chi connectivity index (χ3v) is 3.94. The average molecular weight is 155 g/mol. The van der Waals surface area contributed by atoms with Gasteiger partial charge in [0.1, 0.15) is 0 Å². The molecule has 1 heteroatoms. The maximum Gasteiger partial charge on any atom is 0.0217 e. The van der Waals surface area contributed by atoms with Crippen LogP contribution in [0.25, 0.3) is 0 Å². The molecule has 1 saturated carbocycles. The Hall–Kier alpha value is -0.0400. The van der Waals surface area contributed by atoms with Gasteiger partial charge in [0.15, 0.2) is 0 Å². The summed E-state index contributed by atoms with van der Waals surface area (Å²) in [6.07, 6.45) is 1.25. The van der Waals surface area contributed by atoms with Crippen LogP contribution in [0.15, 0.2) is 0 Å². The Balaban J connectivity index is 2.67. The number of hydrogen-bond acceptors (Lipinski definition) is 1. The highest BCUT2D eigenvalue weighted by Crippen LogP contribution is 2.63. The summed E-state index contributed by atoms with van der Waals surface area (Å²) in [5.41, 5.74) is 6.61. The molecule has 1 fully saturated rings. The minimum absolute atomic E-state index is 0.0857. The molecular weight excluding hydrogens is 134 g/mol. The van der Waals surface area contributed by atoms with Gasteiger partial charge in [0.05, 0.1) is 0 Å². The molecule has 1 aliphatic carbocycles. The second-order valence-corrected chi connectivity index (χ2v) is 4.87. The van der Waals surface area contributed by atoms with Gasteiger partial charge >= 0.3 is 0 Å². The summed E-state index contributed by atoms with van der Waals surface area (Å²) in [7, 11) is 0. The second kappa shape index (κ2) is 2.22. The topological polar surface area (TPSA) is 26.0 Å². The molecule has 0 aromatic heterocycles. The fourth-order valence-electron chi connectivity index (χ4n) is 2.60. The molecule has 0 heterocycles. The van der Waals surface area contributed by atoms with E-state index in [1.165, 1.54) is 6.42 Å². The zero-order valence-electron chi connectivity index (χ0n) is 8.44. The molecule has 0 spiro atoms. The molecule has 0 radical (unpaired) electrons. The van der Waals surface area contributed by atoms with Crippen LogP contribution < -0.4 is 5.73 Å². The Morgan fingerprint density at radius 1 is 1.36 bits per heavy atom. The normalized spacial score (nSPS) is 43.6. The van der Waals surface area contributed by atoms with Crippen LogP contribution in [0.2, 0.25) is 0 Å². The lowest BCUT2D eigenvalue weighted by Crippen LogP contribution is -2.25. The molecule has 3 atom stereocenters. The number of nitrogens with two attached hydrogens (primary N) is 1. The molecule has 0 aliphatic heterocycles. The first kappa shape index (κ1) is 9.05. The van der Waals surface area contributed by atoms with E-state index in [2.05, 4.69) is 34.6 Å². The van der Waals surface area contributed by atoms with Gasteiger partial charge in [0.25, 0.3) is 0 Å². The minimum atomic E-state index is 0.0857. The first-order valence-electron chi connectivity index (χ1n) is 4.64. The molecule has 2 unspecified atom stereocenters. The summed E-state index contributed by atoms with van der Waals surface area (Å²) in [5, 5.41) is 0. The molecule has 0 bridgehead atoms. The second-order valence-electron chi connectivity index (χ2n) is 4.87. The molecule has 66 valence electrons. The highest BCUT2D eigenvalue weighted by atomic mass is 14.9. The van der Waals surface area contributed by atoms with Crippen molar-refractivity contribution in [2.24, 2.45) is 23.0 Å². The van der Waals surface area contributed by atoms with Crippen LogP contribution in [0, 0.1) is 17.3 Å². The summed E-state index contributed by atoms with van der Waals surface area (Å²) < 4.78 is 0. The molecule has 0 amide bonds. The van der Waals surface area contributed by atoms with Crippen LogP contribution in [0.3, 0.4) is 0 Å². The van der Waals surface area contributed by atoms with Crippen LogP contribution in [-0.4, -0.2) is 5.54 Å². The van der Waals surface area contributed by atoms with Gasteiger partial charge in [-0.05, 0) is 24.2 Å². The molecule has 2 N–H and O–H groups in total. The third-order valence-electron chi connectivity index (χ3n) is 3.94. The lowest BCUT2D eigenvalue weighted by atomic mass is 9.97. The van der Waals surface area contributed by atoms with Crippen molar-refractivity contribution < 1.29 is 0 Å². The smallest absolute Gasteiger partial charge is 0.0217 e.